The van der Waals surface area contributed by atoms with Crippen molar-refractivity contribution in [2.75, 3.05) is 13.1 Å². The van der Waals surface area contributed by atoms with Gasteiger partial charge in [-0.2, -0.15) is 5.10 Å². The molecule has 0 amide bonds. The topological polar surface area (TPSA) is 56.8 Å². The van der Waals surface area contributed by atoms with Gasteiger partial charge >= 0.3 is 0 Å². The molecule has 2 aromatic rings. The first kappa shape index (κ1) is 15.7. The summed E-state index contributed by atoms with van der Waals surface area (Å²) in [5, 5.41) is 10.6. The van der Waals surface area contributed by atoms with Crippen LogP contribution in [-0.4, -0.2) is 45.3 Å². The average Bonchev–Trinajstić information content (AvgIpc) is 3.10. The number of aromatic nitrogens is 3. The van der Waals surface area contributed by atoms with E-state index >= 15 is 0 Å². The van der Waals surface area contributed by atoms with E-state index < -0.39 is 0 Å². The molecule has 1 saturated heterocycles. The highest BCUT2D eigenvalue weighted by molar-refractivity contribution is 5.25. The zero-order valence-corrected chi connectivity index (χ0v) is 13.8. The van der Waals surface area contributed by atoms with Gasteiger partial charge in [0.25, 0.3) is 0 Å². The number of H-pyrrole nitrogens is 1. The smallest absolute Gasteiger partial charge is 0.145 e. The lowest BCUT2D eigenvalue weighted by Crippen LogP contribution is -2.54. The highest BCUT2D eigenvalue weighted by Crippen LogP contribution is 2.31. The largest absolute Gasteiger partial charge is 0.301 e. The summed E-state index contributed by atoms with van der Waals surface area (Å²) >= 11 is 0. The van der Waals surface area contributed by atoms with Gasteiger partial charge in [-0.05, 0) is 56.5 Å². The van der Waals surface area contributed by atoms with E-state index in [2.05, 4.69) is 25.4 Å². The SMILES string of the molecule is Fc1ccc(C(NC2CC(N3CCCCC3)C2)c2ncn[nH]2)cc1. The number of rotatable bonds is 5. The number of hydrogen-bond donors (Lipinski definition) is 2. The number of nitrogens with zero attached hydrogens (tertiary/aromatic N) is 3. The summed E-state index contributed by atoms with van der Waals surface area (Å²) in [7, 11) is 0. The van der Waals surface area contributed by atoms with Gasteiger partial charge in [-0.3, -0.25) is 5.10 Å². The highest BCUT2D eigenvalue weighted by Gasteiger charge is 2.35. The van der Waals surface area contributed by atoms with Gasteiger partial charge in [-0.15, -0.1) is 0 Å². The van der Waals surface area contributed by atoms with Crippen LogP contribution in [0.4, 0.5) is 4.39 Å². The zero-order chi connectivity index (χ0) is 16.4. The van der Waals surface area contributed by atoms with Crippen molar-refractivity contribution < 1.29 is 4.39 Å². The maximum absolute atomic E-state index is 13.2. The molecule has 2 aliphatic rings. The van der Waals surface area contributed by atoms with E-state index in [0.29, 0.717) is 12.1 Å². The summed E-state index contributed by atoms with van der Waals surface area (Å²) in [5.74, 6) is 0.562. The maximum atomic E-state index is 13.2. The molecule has 1 aromatic heterocycles. The lowest BCUT2D eigenvalue weighted by Gasteiger charge is -2.45. The third-order valence-electron chi connectivity index (χ3n) is 5.33. The van der Waals surface area contributed by atoms with Crippen molar-refractivity contribution in [3.8, 4) is 0 Å². The minimum absolute atomic E-state index is 0.0691. The summed E-state index contributed by atoms with van der Waals surface area (Å²) in [6.07, 6.45) is 7.92. The van der Waals surface area contributed by atoms with Gasteiger partial charge in [0.2, 0.25) is 0 Å². The summed E-state index contributed by atoms with van der Waals surface area (Å²) < 4.78 is 13.2. The van der Waals surface area contributed by atoms with Crippen LogP contribution in [0, 0.1) is 5.82 Å². The van der Waals surface area contributed by atoms with Crippen LogP contribution in [-0.2, 0) is 0 Å². The average molecular weight is 329 g/mol. The Morgan fingerprint density at radius 3 is 2.54 bits per heavy atom. The quantitative estimate of drug-likeness (QED) is 0.885. The summed E-state index contributed by atoms with van der Waals surface area (Å²) in [5.41, 5.74) is 1.01. The molecule has 1 saturated carbocycles. The lowest BCUT2D eigenvalue weighted by atomic mass is 9.83. The van der Waals surface area contributed by atoms with E-state index in [1.54, 1.807) is 0 Å². The second-order valence-electron chi connectivity index (χ2n) is 6.94. The number of benzene rings is 1. The molecule has 128 valence electrons. The van der Waals surface area contributed by atoms with E-state index in [0.717, 1.165) is 11.4 Å². The van der Waals surface area contributed by atoms with Crippen LogP contribution < -0.4 is 5.32 Å². The Kier molecular flexibility index (Phi) is 4.58. The Balaban J connectivity index is 1.41. The number of aromatic amines is 1. The Bertz CT molecular complexity index is 630. The highest BCUT2D eigenvalue weighted by atomic mass is 19.1. The molecule has 24 heavy (non-hydrogen) atoms. The monoisotopic (exact) mass is 329 g/mol. The fourth-order valence-corrected chi connectivity index (χ4v) is 3.88. The second-order valence-corrected chi connectivity index (χ2v) is 6.94. The van der Waals surface area contributed by atoms with Gasteiger partial charge in [0.1, 0.15) is 18.0 Å². The van der Waals surface area contributed by atoms with Crippen molar-refractivity contribution in [1.29, 1.82) is 0 Å². The maximum Gasteiger partial charge on any atom is 0.145 e. The van der Waals surface area contributed by atoms with E-state index in [1.165, 1.54) is 63.7 Å². The molecule has 2 heterocycles. The molecule has 1 aliphatic heterocycles. The van der Waals surface area contributed by atoms with Gasteiger partial charge in [0, 0.05) is 12.1 Å². The predicted molar refractivity (Wildman–Crippen MR) is 90.0 cm³/mol. The Hall–Kier alpha value is -1.79. The number of piperidine rings is 1. The van der Waals surface area contributed by atoms with Crippen molar-refractivity contribution in [1.82, 2.24) is 25.4 Å². The fraction of sp³-hybridized carbons (Fsp3) is 0.556. The molecule has 1 aromatic carbocycles. The lowest BCUT2D eigenvalue weighted by molar-refractivity contribution is 0.0754. The van der Waals surface area contributed by atoms with Crippen molar-refractivity contribution in [2.45, 2.75) is 50.2 Å². The summed E-state index contributed by atoms with van der Waals surface area (Å²) in [4.78, 5) is 6.94. The molecule has 1 aliphatic carbocycles. The van der Waals surface area contributed by atoms with E-state index in [9.17, 15) is 4.39 Å². The first-order valence-corrected chi connectivity index (χ1v) is 8.90. The van der Waals surface area contributed by atoms with Gasteiger partial charge in [0.15, 0.2) is 0 Å². The Morgan fingerprint density at radius 2 is 1.88 bits per heavy atom. The van der Waals surface area contributed by atoms with Crippen molar-refractivity contribution in [3.05, 3.63) is 47.8 Å². The van der Waals surface area contributed by atoms with Crippen LogP contribution in [0.15, 0.2) is 30.6 Å². The second kappa shape index (κ2) is 6.99. The number of nitrogens with one attached hydrogen (secondary N) is 2. The van der Waals surface area contributed by atoms with Crippen LogP contribution in [0.3, 0.4) is 0 Å². The molecule has 6 heteroatoms. The van der Waals surface area contributed by atoms with Crippen molar-refractivity contribution in [2.24, 2.45) is 0 Å². The first-order valence-electron chi connectivity index (χ1n) is 8.90. The summed E-state index contributed by atoms with van der Waals surface area (Å²) in [6, 6.07) is 7.74. The normalized spacial score (nSPS) is 26.0. The van der Waals surface area contributed by atoms with Crippen LogP contribution in [0.1, 0.15) is 49.5 Å². The van der Waals surface area contributed by atoms with E-state index in [4.69, 9.17) is 0 Å². The first-order chi connectivity index (χ1) is 11.8. The molecule has 5 nitrogen and oxygen atoms in total. The molecule has 0 bridgehead atoms. The molecular formula is C18H24FN5. The number of hydrogen-bond acceptors (Lipinski definition) is 4. The van der Waals surface area contributed by atoms with Crippen LogP contribution in [0.5, 0.6) is 0 Å². The molecule has 4 rings (SSSR count). The third kappa shape index (κ3) is 3.35. The van der Waals surface area contributed by atoms with Crippen LogP contribution in [0.25, 0.3) is 0 Å². The van der Waals surface area contributed by atoms with Crippen molar-refractivity contribution >= 4 is 0 Å². The molecule has 2 N–H and O–H groups in total. The number of halogens is 1. The summed E-state index contributed by atoms with van der Waals surface area (Å²) in [6.45, 7) is 2.50. The zero-order valence-electron chi connectivity index (χ0n) is 13.8. The molecule has 1 atom stereocenters. The third-order valence-corrected chi connectivity index (χ3v) is 5.33. The fourth-order valence-electron chi connectivity index (χ4n) is 3.88. The molecular weight excluding hydrogens is 305 g/mol. The van der Waals surface area contributed by atoms with Gasteiger partial charge in [-0.25, -0.2) is 9.37 Å². The number of likely N-dealkylation sites (tertiary alicyclic amines) is 1. The van der Waals surface area contributed by atoms with E-state index in [-0.39, 0.29) is 11.9 Å². The van der Waals surface area contributed by atoms with Crippen LogP contribution >= 0.6 is 0 Å². The molecule has 1 unspecified atom stereocenters. The minimum atomic E-state index is -0.219. The van der Waals surface area contributed by atoms with Crippen molar-refractivity contribution in [3.63, 3.8) is 0 Å². The molecule has 2 fully saturated rings. The molecule has 0 radical (unpaired) electrons. The predicted octanol–water partition coefficient (Wildman–Crippen LogP) is 2.64. The molecule has 0 spiro atoms. The van der Waals surface area contributed by atoms with Gasteiger partial charge in [0.05, 0.1) is 6.04 Å². The Morgan fingerprint density at radius 1 is 1.12 bits per heavy atom. The van der Waals surface area contributed by atoms with E-state index in [1.807, 2.05) is 12.1 Å². The standard InChI is InChI=1S/C18H24FN5/c19-14-6-4-13(5-7-14)17(18-20-12-21-23-18)22-15-10-16(11-15)24-8-2-1-3-9-24/h4-7,12,15-17,22H,1-3,8-11H2,(H,20,21,23). The van der Waals surface area contributed by atoms with Crippen LogP contribution in [0.2, 0.25) is 0 Å². The minimum Gasteiger partial charge on any atom is -0.301 e. The Labute approximate surface area is 141 Å². The van der Waals surface area contributed by atoms with Gasteiger partial charge in [-0.1, -0.05) is 18.6 Å². The van der Waals surface area contributed by atoms with Gasteiger partial charge < -0.3 is 10.2 Å².